The Morgan fingerprint density at radius 1 is 1.12 bits per heavy atom. The monoisotopic (exact) mass is 339 g/mol. The van der Waals surface area contributed by atoms with Crippen molar-refractivity contribution in [3.8, 4) is 0 Å². The van der Waals surface area contributed by atoms with Gasteiger partial charge >= 0.3 is 0 Å². The van der Waals surface area contributed by atoms with Crippen LogP contribution in [0.1, 0.15) is 11.1 Å². The third kappa shape index (κ3) is 2.78. The lowest BCUT2D eigenvalue weighted by molar-refractivity contribution is 0.278. The van der Waals surface area contributed by atoms with Gasteiger partial charge in [-0.1, -0.05) is 48.0 Å². The minimum absolute atomic E-state index is 0.715. The minimum Gasteiger partial charge on any atom is -0.308 e. The molecule has 4 rings (SSSR count). The van der Waals surface area contributed by atoms with Gasteiger partial charge in [-0.05, 0) is 23.8 Å². The number of hydrazine groups is 2. The van der Waals surface area contributed by atoms with Crippen LogP contribution in [0.4, 0.5) is 5.69 Å². The molecule has 0 spiro atoms. The Balaban J connectivity index is 1.57. The molecule has 0 aromatic heterocycles. The summed E-state index contributed by atoms with van der Waals surface area (Å²) in [6.45, 7) is 1.56. The molecule has 0 atom stereocenters. The molecular weight excluding hydrogens is 322 g/mol. The first-order chi connectivity index (χ1) is 11.7. The van der Waals surface area contributed by atoms with Crippen LogP contribution < -0.4 is 15.9 Å². The molecule has 2 aromatic carbocycles. The molecule has 0 unspecified atom stereocenters. The summed E-state index contributed by atoms with van der Waals surface area (Å²) in [4.78, 5) is 0. The van der Waals surface area contributed by atoms with Crippen LogP contribution in [0.25, 0.3) is 6.08 Å². The Kier molecular flexibility index (Phi) is 3.98. The topological polar surface area (TPSA) is 42.9 Å². The zero-order valence-corrected chi connectivity index (χ0v) is 14.1. The highest BCUT2D eigenvalue weighted by atomic mass is 35.5. The Bertz CT molecular complexity index is 815. The second kappa shape index (κ2) is 6.28. The molecule has 24 heavy (non-hydrogen) atoms. The van der Waals surface area contributed by atoms with E-state index in [9.17, 15) is 0 Å². The fourth-order valence-electron chi connectivity index (χ4n) is 2.98. The lowest BCUT2D eigenvalue weighted by atomic mass is 10.0. The van der Waals surface area contributed by atoms with E-state index >= 15 is 0 Å². The van der Waals surface area contributed by atoms with Crippen LogP contribution in [0.5, 0.6) is 0 Å². The van der Waals surface area contributed by atoms with Gasteiger partial charge in [0.1, 0.15) is 0 Å². The number of fused-ring (bicyclic) bond motifs is 3. The Labute approximate surface area is 146 Å². The summed E-state index contributed by atoms with van der Waals surface area (Å²) in [7, 11) is 1.93. The fraction of sp³-hybridized carbons (Fsp3) is 0.167. The number of benzene rings is 2. The van der Waals surface area contributed by atoms with Crippen molar-refractivity contribution in [2.45, 2.75) is 6.54 Å². The molecule has 2 aliphatic rings. The number of hydrogen-bond acceptors (Lipinski definition) is 5. The summed E-state index contributed by atoms with van der Waals surface area (Å²) < 4.78 is 0. The summed E-state index contributed by atoms with van der Waals surface area (Å²) in [5.41, 5.74) is 7.56. The summed E-state index contributed by atoms with van der Waals surface area (Å²) in [6, 6.07) is 16.3. The van der Waals surface area contributed by atoms with Gasteiger partial charge in [-0.3, -0.25) is 0 Å². The molecule has 0 saturated carbocycles. The molecule has 0 bridgehead atoms. The lowest BCUT2D eigenvalue weighted by Crippen LogP contribution is -2.45. The van der Waals surface area contributed by atoms with E-state index in [0.29, 0.717) is 5.02 Å². The van der Waals surface area contributed by atoms with Crippen LogP contribution in [0, 0.1) is 0 Å². The first-order valence-electron chi connectivity index (χ1n) is 7.84. The van der Waals surface area contributed by atoms with E-state index in [1.807, 2.05) is 41.4 Å². The highest BCUT2D eigenvalue weighted by Crippen LogP contribution is 2.34. The first-order valence-corrected chi connectivity index (χ1v) is 8.22. The van der Waals surface area contributed by atoms with Gasteiger partial charge in [-0.15, -0.1) is 10.2 Å². The maximum atomic E-state index is 6.16. The van der Waals surface area contributed by atoms with Crippen LogP contribution in [0.2, 0.25) is 5.02 Å². The summed E-state index contributed by atoms with van der Waals surface area (Å²) >= 11 is 6.16. The fourth-order valence-corrected chi connectivity index (χ4v) is 3.15. The van der Waals surface area contributed by atoms with Crippen molar-refractivity contribution in [1.82, 2.24) is 16.0 Å². The second-order valence-corrected chi connectivity index (χ2v) is 6.27. The molecule has 2 aromatic rings. The standard InChI is InChI=1S/C18H18ClN5/c1-23-22-21-18-15(12-20-11-13-5-3-2-4-6-13)9-14-7-8-16(19)10-17(14)24(18)23/h2-10,20,22H,11-12H2,1H3. The summed E-state index contributed by atoms with van der Waals surface area (Å²) in [6.07, 6.45) is 2.17. The summed E-state index contributed by atoms with van der Waals surface area (Å²) in [5, 5.41) is 12.5. The van der Waals surface area contributed by atoms with Crippen LogP contribution in [0.3, 0.4) is 0 Å². The Morgan fingerprint density at radius 3 is 2.79 bits per heavy atom. The maximum Gasteiger partial charge on any atom is 0.175 e. The van der Waals surface area contributed by atoms with Crippen molar-refractivity contribution >= 4 is 29.2 Å². The van der Waals surface area contributed by atoms with Gasteiger partial charge in [-0.2, -0.15) is 0 Å². The highest BCUT2D eigenvalue weighted by molar-refractivity contribution is 6.31. The van der Waals surface area contributed by atoms with Crippen molar-refractivity contribution in [3.05, 3.63) is 70.3 Å². The van der Waals surface area contributed by atoms with Crippen molar-refractivity contribution < 1.29 is 0 Å². The number of anilines is 1. The van der Waals surface area contributed by atoms with Crippen molar-refractivity contribution in [3.63, 3.8) is 0 Å². The molecule has 122 valence electrons. The Morgan fingerprint density at radius 2 is 1.96 bits per heavy atom. The number of hydrogen-bond donors (Lipinski definition) is 2. The number of rotatable bonds is 4. The lowest BCUT2D eigenvalue weighted by Gasteiger charge is -2.31. The maximum absolute atomic E-state index is 6.16. The van der Waals surface area contributed by atoms with Crippen LogP contribution in [0.15, 0.2) is 59.2 Å². The second-order valence-electron chi connectivity index (χ2n) is 5.83. The van der Waals surface area contributed by atoms with E-state index in [0.717, 1.165) is 35.7 Å². The zero-order chi connectivity index (χ0) is 16.5. The van der Waals surface area contributed by atoms with E-state index in [4.69, 9.17) is 11.6 Å². The smallest absolute Gasteiger partial charge is 0.175 e. The molecule has 5 nitrogen and oxygen atoms in total. The number of hydrazone groups is 1. The van der Waals surface area contributed by atoms with E-state index in [1.165, 1.54) is 5.56 Å². The van der Waals surface area contributed by atoms with Gasteiger partial charge in [0.05, 0.1) is 5.69 Å². The largest absolute Gasteiger partial charge is 0.308 e. The van der Waals surface area contributed by atoms with Gasteiger partial charge < -0.3 is 5.32 Å². The SMILES string of the molecule is CN1NN=C2C(CNCc3ccccc3)=Cc3ccc(Cl)cc3N21. The molecule has 0 saturated heterocycles. The average Bonchev–Trinajstić information content (AvgIpc) is 2.99. The Hall–Kier alpha value is -2.34. The molecule has 0 radical (unpaired) electrons. The quantitative estimate of drug-likeness (QED) is 0.898. The highest BCUT2D eigenvalue weighted by Gasteiger charge is 2.31. The minimum atomic E-state index is 0.715. The van der Waals surface area contributed by atoms with Crippen molar-refractivity contribution in [2.24, 2.45) is 5.10 Å². The molecule has 2 heterocycles. The van der Waals surface area contributed by atoms with Gasteiger partial charge in [0.2, 0.25) is 0 Å². The number of nitrogens with zero attached hydrogens (tertiary/aromatic N) is 3. The molecular formula is C18H18ClN5. The number of nitrogens with one attached hydrogen (secondary N) is 2. The normalized spacial score (nSPS) is 16.2. The predicted molar refractivity (Wildman–Crippen MR) is 98.4 cm³/mol. The molecule has 2 N–H and O–H groups in total. The van der Waals surface area contributed by atoms with Crippen LogP contribution in [-0.4, -0.2) is 24.5 Å². The molecule has 0 fully saturated rings. The molecule has 0 amide bonds. The van der Waals surface area contributed by atoms with Crippen LogP contribution in [-0.2, 0) is 6.54 Å². The van der Waals surface area contributed by atoms with Gasteiger partial charge in [0, 0.05) is 36.3 Å². The van der Waals surface area contributed by atoms with Crippen LogP contribution >= 0.6 is 11.6 Å². The average molecular weight is 340 g/mol. The van der Waals surface area contributed by atoms with E-state index in [1.54, 1.807) is 0 Å². The van der Waals surface area contributed by atoms with E-state index in [-0.39, 0.29) is 0 Å². The number of halogens is 1. The van der Waals surface area contributed by atoms with Crippen molar-refractivity contribution in [1.29, 1.82) is 0 Å². The molecule has 2 aliphatic heterocycles. The predicted octanol–water partition coefficient (Wildman–Crippen LogP) is 3.01. The van der Waals surface area contributed by atoms with Gasteiger partial charge in [0.25, 0.3) is 0 Å². The van der Waals surface area contributed by atoms with E-state index < -0.39 is 0 Å². The number of amidine groups is 1. The summed E-state index contributed by atoms with van der Waals surface area (Å²) in [5.74, 6) is 0.896. The van der Waals surface area contributed by atoms with Crippen molar-refractivity contribution in [2.75, 3.05) is 18.6 Å². The van der Waals surface area contributed by atoms with Gasteiger partial charge in [0.15, 0.2) is 5.84 Å². The molecule has 6 heteroatoms. The third-order valence-corrected chi connectivity index (χ3v) is 4.36. The molecule has 0 aliphatic carbocycles. The first kappa shape index (κ1) is 15.2. The van der Waals surface area contributed by atoms with E-state index in [2.05, 4.69) is 46.3 Å². The zero-order valence-electron chi connectivity index (χ0n) is 13.3. The van der Waals surface area contributed by atoms with Gasteiger partial charge in [-0.25, -0.2) is 10.5 Å². The third-order valence-electron chi connectivity index (χ3n) is 4.13.